The van der Waals surface area contributed by atoms with Gasteiger partial charge in [-0.25, -0.2) is 0 Å². The minimum atomic E-state index is 0.0626. The number of carbonyl (C=O) groups is 1. The SMILES string of the molecule is Cn1c(COc2ccc(Cl)cc2)nnc1SCC(=O)c1ccccc1. The topological polar surface area (TPSA) is 57.0 Å². The Bertz CT molecular complexity index is 851. The second-order valence-electron chi connectivity index (χ2n) is 5.28. The predicted molar refractivity (Wildman–Crippen MR) is 98.3 cm³/mol. The molecule has 0 spiro atoms. The molecule has 0 aliphatic heterocycles. The number of hydrogen-bond donors (Lipinski definition) is 0. The van der Waals surface area contributed by atoms with Crippen LogP contribution in [-0.4, -0.2) is 26.3 Å². The van der Waals surface area contributed by atoms with E-state index in [2.05, 4.69) is 10.2 Å². The molecule has 0 fully saturated rings. The highest BCUT2D eigenvalue weighted by Crippen LogP contribution is 2.19. The van der Waals surface area contributed by atoms with Gasteiger partial charge in [0.1, 0.15) is 12.4 Å². The molecule has 128 valence electrons. The van der Waals surface area contributed by atoms with Crippen LogP contribution in [0.5, 0.6) is 5.75 Å². The van der Waals surface area contributed by atoms with E-state index >= 15 is 0 Å². The number of hydrogen-bond acceptors (Lipinski definition) is 5. The Hall–Kier alpha value is -2.31. The largest absolute Gasteiger partial charge is 0.486 e. The molecule has 0 aliphatic carbocycles. The van der Waals surface area contributed by atoms with E-state index in [1.165, 1.54) is 11.8 Å². The Morgan fingerprint density at radius 2 is 1.84 bits per heavy atom. The second kappa shape index (κ2) is 8.18. The molecule has 0 aliphatic rings. The Morgan fingerprint density at radius 1 is 1.12 bits per heavy atom. The van der Waals surface area contributed by atoms with E-state index in [0.717, 1.165) is 0 Å². The Morgan fingerprint density at radius 3 is 2.56 bits per heavy atom. The van der Waals surface area contributed by atoms with Crippen LogP contribution in [0.1, 0.15) is 16.2 Å². The predicted octanol–water partition coefficient (Wildman–Crippen LogP) is 4.02. The lowest BCUT2D eigenvalue weighted by Crippen LogP contribution is -2.06. The lowest BCUT2D eigenvalue weighted by molar-refractivity contribution is 0.102. The fourth-order valence-electron chi connectivity index (χ4n) is 2.11. The smallest absolute Gasteiger partial charge is 0.191 e. The van der Waals surface area contributed by atoms with Crippen molar-refractivity contribution in [2.75, 3.05) is 5.75 Å². The maximum absolute atomic E-state index is 12.2. The number of Topliss-reactive ketones (excluding diaryl/α,β-unsaturated/α-hetero) is 1. The highest BCUT2D eigenvalue weighted by molar-refractivity contribution is 7.99. The summed E-state index contributed by atoms with van der Waals surface area (Å²) >= 11 is 7.21. The first-order valence-electron chi connectivity index (χ1n) is 7.61. The van der Waals surface area contributed by atoms with Gasteiger partial charge in [-0.05, 0) is 24.3 Å². The summed E-state index contributed by atoms with van der Waals surface area (Å²) in [6.07, 6.45) is 0. The van der Waals surface area contributed by atoms with E-state index in [1.807, 2.05) is 41.9 Å². The van der Waals surface area contributed by atoms with Crippen LogP contribution >= 0.6 is 23.4 Å². The van der Waals surface area contributed by atoms with Crippen molar-refractivity contribution in [2.45, 2.75) is 11.8 Å². The molecule has 7 heteroatoms. The first-order valence-corrected chi connectivity index (χ1v) is 8.97. The van der Waals surface area contributed by atoms with Gasteiger partial charge in [0, 0.05) is 17.6 Å². The number of rotatable bonds is 7. The van der Waals surface area contributed by atoms with Crippen molar-refractivity contribution in [3.8, 4) is 5.75 Å². The number of carbonyl (C=O) groups excluding carboxylic acids is 1. The summed E-state index contributed by atoms with van der Waals surface area (Å²) in [4.78, 5) is 12.2. The van der Waals surface area contributed by atoms with E-state index in [0.29, 0.717) is 39.7 Å². The molecule has 1 aromatic heterocycles. The highest BCUT2D eigenvalue weighted by Gasteiger charge is 2.13. The first kappa shape index (κ1) is 17.5. The standard InChI is InChI=1S/C18H16ClN3O2S/c1-22-17(11-24-15-9-7-14(19)8-10-15)20-21-18(22)25-12-16(23)13-5-3-2-4-6-13/h2-10H,11-12H2,1H3. The van der Waals surface area contributed by atoms with E-state index in [4.69, 9.17) is 16.3 Å². The van der Waals surface area contributed by atoms with E-state index < -0.39 is 0 Å². The van der Waals surface area contributed by atoms with Crippen LogP contribution in [0.2, 0.25) is 5.02 Å². The van der Waals surface area contributed by atoms with Crippen molar-refractivity contribution in [1.29, 1.82) is 0 Å². The molecule has 2 aromatic carbocycles. The van der Waals surface area contributed by atoms with Gasteiger partial charge < -0.3 is 9.30 Å². The van der Waals surface area contributed by atoms with Crippen molar-refractivity contribution in [2.24, 2.45) is 7.05 Å². The molecule has 0 amide bonds. The summed E-state index contributed by atoms with van der Waals surface area (Å²) in [7, 11) is 1.86. The third kappa shape index (κ3) is 4.61. The van der Waals surface area contributed by atoms with Gasteiger partial charge in [-0.1, -0.05) is 53.7 Å². The first-order chi connectivity index (χ1) is 12.1. The van der Waals surface area contributed by atoms with Crippen molar-refractivity contribution in [1.82, 2.24) is 14.8 Å². The summed E-state index contributed by atoms with van der Waals surface area (Å²) in [5, 5.41) is 9.60. The average molecular weight is 374 g/mol. The number of thioether (sulfide) groups is 1. The molecule has 0 N–H and O–H groups in total. The molecule has 3 rings (SSSR count). The monoisotopic (exact) mass is 373 g/mol. The Balaban J connectivity index is 1.57. The van der Waals surface area contributed by atoms with Crippen molar-refractivity contribution < 1.29 is 9.53 Å². The summed E-state index contributed by atoms with van der Waals surface area (Å²) in [6, 6.07) is 16.3. The van der Waals surface area contributed by atoms with Gasteiger partial charge in [0.05, 0.1) is 5.75 Å². The van der Waals surface area contributed by atoms with Crippen LogP contribution in [0, 0.1) is 0 Å². The Labute approximate surface area is 155 Å². The van der Waals surface area contributed by atoms with Gasteiger partial charge in [-0.3, -0.25) is 4.79 Å². The van der Waals surface area contributed by atoms with E-state index in [1.54, 1.807) is 24.3 Å². The Kier molecular flexibility index (Phi) is 5.73. The second-order valence-corrected chi connectivity index (χ2v) is 6.66. The van der Waals surface area contributed by atoms with Crippen LogP contribution in [0.15, 0.2) is 59.8 Å². The molecule has 0 bridgehead atoms. The zero-order valence-electron chi connectivity index (χ0n) is 13.6. The third-order valence-corrected chi connectivity index (χ3v) is 4.81. The number of ether oxygens (including phenoxy) is 1. The molecule has 3 aromatic rings. The molecule has 0 unspecified atom stereocenters. The van der Waals surface area contributed by atoms with Gasteiger partial charge in [0.2, 0.25) is 0 Å². The molecule has 0 saturated heterocycles. The molecule has 5 nitrogen and oxygen atoms in total. The fourth-order valence-corrected chi connectivity index (χ4v) is 3.06. The lowest BCUT2D eigenvalue weighted by atomic mass is 10.2. The normalized spacial score (nSPS) is 10.6. The van der Waals surface area contributed by atoms with Gasteiger partial charge in [-0.15, -0.1) is 10.2 Å². The summed E-state index contributed by atoms with van der Waals surface area (Å²) in [5.74, 6) is 1.77. The maximum Gasteiger partial charge on any atom is 0.191 e. The number of ketones is 1. The van der Waals surface area contributed by atoms with Crippen LogP contribution in [-0.2, 0) is 13.7 Å². The van der Waals surface area contributed by atoms with Crippen molar-refractivity contribution in [3.63, 3.8) is 0 Å². The maximum atomic E-state index is 12.2. The van der Waals surface area contributed by atoms with Gasteiger partial charge >= 0.3 is 0 Å². The van der Waals surface area contributed by atoms with Gasteiger partial charge in [-0.2, -0.15) is 0 Å². The molecular formula is C18H16ClN3O2S. The van der Waals surface area contributed by atoms with Gasteiger partial charge in [0.15, 0.2) is 16.8 Å². The molecule has 1 heterocycles. The van der Waals surface area contributed by atoms with Crippen molar-refractivity contribution >= 4 is 29.1 Å². The molecule has 0 saturated carbocycles. The van der Waals surface area contributed by atoms with Crippen LogP contribution < -0.4 is 4.74 Å². The fraction of sp³-hybridized carbons (Fsp3) is 0.167. The number of aromatic nitrogens is 3. The summed E-state index contributed by atoms with van der Waals surface area (Å²) in [6.45, 7) is 0.290. The summed E-state index contributed by atoms with van der Waals surface area (Å²) in [5.41, 5.74) is 0.698. The zero-order chi connectivity index (χ0) is 17.6. The number of nitrogens with zero attached hydrogens (tertiary/aromatic N) is 3. The number of benzene rings is 2. The van der Waals surface area contributed by atoms with Crippen LogP contribution in [0.25, 0.3) is 0 Å². The van der Waals surface area contributed by atoms with Crippen molar-refractivity contribution in [3.05, 3.63) is 71.0 Å². The van der Waals surface area contributed by atoms with E-state index in [-0.39, 0.29) is 5.78 Å². The summed E-state index contributed by atoms with van der Waals surface area (Å²) < 4.78 is 7.51. The quantitative estimate of drug-likeness (QED) is 0.462. The number of halogens is 1. The average Bonchev–Trinajstić information content (AvgIpc) is 3.00. The van der Waals surface area contributed by atoms with Crippen LogP contribution in [0.3, 0.4) is 0 Å². The molecule has 0 atom stereocenters. The molecule has 25 heavy (non-hydrogen) atoms. The minimum Gasteiger partial charge on any atom is -0.486 e. The molecule has 0 radical (unpaired) electrons. The zero-order valence-corrected chi connectivity index (χ0v) is 15.1. The highest BCUT2D eigenvalue weighted by atomic mass is 35.5. The van der Waals surface area contributed by atoms with Gasteiger partial charge in [0.25, 0.3) is 0 Å². The lowest BCUT2D eigenvalue weighted by Gasteiger charge is -2.06. The van der Waals surface area contributed by atoms with Crippen LogP contribution in [0.4, 0.5) is 0 Å². The molecular weight excluding hydrogens is 358 g/mol. The van der Waals surface area contributed by atoms with E-state index in [9.17, 15) is 4.79 Å². The minimum absolute atomic E-state index is 0.0626. The third-order valence-electron chi connectivity index (χ3n) is 3.53.